The highest BCUT2D eigenvalue weighted by molar-refractivity contribution is 6.07. The van der Waals surface area contributed by atoms with Gasteiger partial charge in [0.15, 0.2) is 11.6 Å². The van der Waals surface area contributed by atoms with E-state index in [4.69, 9.17) is 9.47 Å². The number of fused-ring (bicyclic) bond motifs is 1. The molecule has 1 aliphatic rings. The third-order valence-corrected chi connectivity index (χ3v) is 5.47. The topological polar surface area (TPSA) is 95.3 Å². The van der Waals surface area contributed by atoms with Gasteiger partial charge in [-0.15, -0.1) is 0 Å². The fourth-order valence-corrected chi connectivity index (χ4v) is 3.82. The molecule has 1 atom stereocenters. The highest BCUT2D eigenvalue weighted by Gasteiger charge is 2.29. The Bertz CT molecular complexity index is 1250. The zero-order chi connectivity index (χ0) is 23.0. The number of alkyl carbamates (subject to hydrolysis) is 1. The van der Waals surface area contributed by atoms with E-state index in [0.29, 0.717) is 40.3 Å². The fraction of sp³-hybridized carbons (Fsp3) is 0.304. The number of imidazole rings is 1. The minimum absolute atomic E-state index is 0.0307. The van der Waals surface area contributed by atoms with Crippen LogP contribution in [0.1, 0.15) is 32.3 Å². The van der Waals surface area contributed by atoms with Crippen molar-refractivity contribution in [2.75, 3.05) is 7.11 Å². The van der Waals surface area contributed by atoms with E-state index in [1.807, 2.05) is 20.8 Å². The number of aromatic nitrogens is 3. The number of carbonyl (C=O) groups is 2. The number of cyclic esters (lactones) is 1. The Morgan fingerprint density at radius 2 is 2.03 bits per heavy atom. The largest absolute Gasteiger partial charge is 0.481 e. The summed E-state index contributed by atoms with van der Waals surface area (Å²) in [6.07, 6.45) is 2.39. The third-order valence-electron chi connectivity index (χ3n) is 5.47. The molecule has 166 valence electrons. The normalized spacial score (nSPS) is 16.0. The average Bonchev–Trinajstić information content (AvgIpc) is 3.34. The van der Waals surface area contributed by atoms with Crippen molar-refractivity contribution < 1.29 is 23.5 Å². The van der Waals surface area contributed by atoms with Crippen LogP contribution in [0.5, 0.6) is 5.88 Å². The number of nitrogens with zero attached hydrogens (tertiary/aromatic N) is 3. The van der Waals surface area contributed by atoms with E-state index in [9.17, 15) is 9.59 Å². The number of pyridine rings is 1. The van der Waals surface area contributed by atoms with Crippen LogP contribution in [0.15, 0.2) is 42.4 Å². The summed E-state index contributed by atoms with van der Waals surface area (Å²) < 4.78 is 27.6. The first-order valence-corrected chi connectivity index (χ1v) is 10.3. The van der Waals surface area contributed by atoms with Gasteiger partial charge in [-0.25, -0.2) is 19.2 Å². The van der Waals surface area contributed by atoms with E-state index in [1.54, 1.807) is 41.2 Å². The van der Waals surface area contributed by atoms with Gasteiger partial charge in [-0.1, -0.05) is 19.9 Å². The number of hydrogen-bond donors (Lipinski definition) is 1. The summed E-state index contributed by atoms with van der Waals surface area (Å²) in [6, 6.07) is 6.91. The second-order valence-electron chi connectivity index (χ2n) is 7.76. The third kappa shape index (κ3) is 3.70. The first kappa shape index (κ1) is 21.5. The molecule has 3 heterocycles. The SMILES string of the molecule is CCn1cnc2ccc(-c3ccc(C(/C=C4\OC(=O)NC4=O)C(C)C)c(OC)n3)c(F)c21. The summed E-state index contributed by atoms with van der Waals surface area (Å²) in [4.78, 5) is 32.1. The molecule has 0 radical (unpaired) electrons. The van der Waals surface area contributed by atoms with Crippen molar-refractivity contribution in [1.29, 1.82) is 0 Å². The van der Waals surface area contributed by atoms with Gasteiger partial charge in [-0.3, -0.25) is 10.1 Å². The minimum Gasteiger partial charge on any atom is -0.481 e. The molecule has 0 aliphatic carbocycles. The van der Waals surface area contributed by atoms with Crippen molar-refractivity contribution in [3.8, 4) is 17.1 Å². The van der Waals surface area contributed by atoms with Crippen LogP contribution in [0.2, 0.25) is 0 Å². The number of halogens is 1. The van der Waals surface area contributed by atoms with Gasteiger partial charge < -0.3 is 14.0 Å². The summed E-state index contributed by atoms with van der Waals surface area (Å²) in [5.74, 6) is -1.06. The van der Waals surface area contributed by atoms with Gasteiger partial charge in [-0.05, 0) is 37.1 Å². The molecule has 0 saturated carbocycles. The van der Waals surface area contributed by atoms with Gasteiger partial charge in [-0.2, -0.15) is 0 Å². The number of aryl methyl sites for hydroxylation is 1. The van der Waals surface area contributed by atoms with E-state index in [1.165, 1.54) is 7.11 Å². The Morgan fingerprint density at radius 1 is 1.25 bits per heavy atom. The van der Waals surface area contributed by atoms with Crippen molar-refractivity contribution in [2.24, 2.45) is 5.92 Å². The molecule has 3 aromatic rings. The Labute approximate surface area is 184 Å². The molecular formula is C23H23FN4O4. The molecule has 1 saturated heterocycles. The van der Waals surface area contributed by atoms with Crippen LogP contribution in [-0.4, -0.2) is 33.6 Å². The predicted octanol–water partition coefficient (Wildman–Crippen LogP) is 4.16. The molecule has 0 bridgehead atoms. The van der Waals surface area contributed by atoms with Gasteiger partial charge in [0, 0.05) is 23.6 Å². The number of imide groups is 1. The number of methoxy groups -OCH3 is 1. The molecular weight excluding hydrogens is 415 g/mol. The molecule has 1 N–H and O–H groups in total. The lowest BCUT2D eigenvalue weighted by molar-refractivity contribution is -0.116. The van der Waals surface area contributed by atoms with Gasteiger partial charge in [0.1, 0.15) is 5.52 Å². The molecule has 1 unspecified atom stereocenters. The molecule has 1 fully saturated rings. The second kappa shape index (κ2) is 8.41. The molecule has 2 amide bonds. The van der Waals surface area contributed by atoms with Gasteiger partial charge in [0.05, 0.1) is 24.6 Å². The Hall–Kier alpha value is -3.75. The number of nitrogens with one attached hydrogen (secondary N) is 1. The van der Waals surface area contributed by atoms with Crippen molar-refractivity contribution in [3.05, 3.63) is 53.8 Å². The number of carbonyl (C=O) groups excluding carboxylic acids is 2. The average molecular weight is 438 g/mol. The summed E-state index contributed by atoms with van der Waals surface area (Å²) in [5, 5.41) is 2.09. The molecule has 8 nitrogen and oxygen atoms in total. The van der Waals surface area contributed by atoms with E-state index >= 15 is 4.39 Å². The van der Waals surface area contributed by atoms with Crippen LogP contribution < -0.4 is 10.1 Å². The van der Waals surface area contributed by atoms with Crippen molar-refractivity contribution in [1.82, 2.24) is 19.9 Å². The van der Waals surface area contributed by atoms with E-state index in [2.05, 4.69) is 15.3 Å². The monoisotopic (exact) mass is 438 g/mol. The molecule has 1 aromatic carbocycles. The second-order valence-corrected chi connectivity index (χ2v) is 7.76. The summed E-state index contributed by atoms with van der Waals surface area (Å²) in [5.41, 5.74) is 2.44. The van der Waals surface area contributed by atoms with Crippen molar-refractivity contribution in [2.45, 2.75) is 33.2 Å². The number of rotatable bonds is 6. The Kier molecular flexibility index (Phi) is 5.65. The first-order chi connectivity index (χ1) is 15.3. The van der Waals surface area contributed by atoms with Crippen LogP contribution in [0.25, 0.3) is 22.3 Å². The fourth-order valence-electron chi connectivity index (χ4n) is 3.82. The number of allylic oxidation sites excluding steroid dienone is 1. The summed E-state index contributed by atoms with van der Waals surface area (Å²) in [7, 11) is 1.48. The molecule has 1 aliphatic heterocycles. The lowest BCUT2D eigenvalue weighted by Crippen LogP contribution is -2.19. The van der Waals surface area contributed by atoms with E-state index < -0.39 is 17.8 Å². The van der Waals surface area contributed by atoms with E-state index in [0.717, 1.165) is 0 Å². The molecule has 9 heteroatoms. The quantitative estimate of drug-likeness (QED) is 0.581. The van der Waals surface area contributed by atoms with Gasteiger partial charge in [0.25, 0.3) is 5.91 Å². The van der Waals surface area contributed by atoms with Crippen LogP contribution in [0, 0.1) is 11.7 Å². The van der Waals surface area contributed by atoms with Gasteiger partial charge in [0.2, 0.25) is 5.88 Å². The lowest BCUT2D eigenvalue weighted by atomic mass is 9.88. The number of amides is 2. The van der Waals surface area contributed by atoms with Crippen LogP contribution in [-0.2, 0) is 16.1 Å². The summed E-state index contributed by atoms with van der Waals surface area (Å²) in [6.45, 7) is 6.44. The lowest BCUT2D eigenvalue weighted by Gasteiger charge is -2.20. The van der Waals surface area contributed by atoms with E-state index in [-0.39, 0.29) is 17.6 Å². The molecule has 4 rings (SSSR count). The predicted molar refractivity (Wildman–Crippen MR) is 115 cm³/mol. The Balaban J connectivity index is 1.78. The highest BCUT2D eigenvalue weighted by Crippen LogP contribution is 2.36. The maximum absolute atomic E-state index is 15.4. The standard InChI is InChI=1S/C23H23FN4O4/c1-5-28-11-25-17-9-7-14(19(24)20(17)28)16-8-6-13(22(26-16)31-4)15(12(2)3)10-18-21(29)27-23(30)32-18/h6-12,15H,5H2,1-4H3,(H,27,29,30)/b18-10-. The number of ether oxygens (including phenoxy) is 2. The van der Waals surface area contributed by atoms with Crippen LogP contribution >= 0.6 is 0 Å². The zero-order valence-electron chi connectivity index (χ0n) is 18.2. The molecule has 32 heavy (non-hydrogen) atoms. The number of benzene rings is 1. The maximum atomic E-state index is 15.4. The molecule has 0 spiro atoms. The van der Waals surface area contributed by atoms with Crippen LogP contribution in [0.4, 0.5) is 9.18 Å². The Morgan fingerprint density at radius 3 is 2.66 bits per heavy atom. The molecule has 2 aromatic heterocycles. The zero-order valence-corrected chi connectivity index (χ0v) is 18.2. The highest BCUT2D eigenvalue weighted by atomic mass is 19.1. The maximum Gasteiger partial charge on any atom is 0.419 e. The van der Waals surface area contributed by atoms with Crippen molar-refractivity contribution >= 4 is 23.0 Å². The van der Waals surface area contributed by atoms with Crippen molar-refractivity contribution in [3.63, 3.8) is 0 Å². The number of hydrogen-bond acceptors (Lipinski definition) is 6. The summed E-state index contributed by atoms with van der Waals surface area (Å²) >= 11 is 0. The smallest absolute Gasteiger partial charge is 0.419 e. The van der Waals surface area contributed by atoms with Crippen LogP contribution in [0.3, 0.4) is 0 Å². The van der Waals surface area contributed by atoms with Gasteiger partial charge >= 0.3 is 6.09 Å². The minimum atomic E-state index is -0.804. The first-order valence-electron chi connectivity index (χ1n) is 10.3.